The van der Waals surface area contributed by atoms with Gasteiger partial charge >= 0.3 is 0 Å². The number of amides is 1. The van der Waals surface area contributed by atoms with E-state index in [2.05, 4.69) is 0 Å². The van der Waals surface area contributed by atoms with Gasteiger partial charge in [0.15, 0.2) is 0 Å². The second-order valence-electron chi connectivity index (χ2n) is 3.26. The maximum absolute atomic E-state index is 11.0. The molecule has 3 nitrogen and oxygen atoms in total. The predicted molar refractivity (Wildman–Crippen MR) is 59.0 cm³/mol. The topological polar surface area (TPSA) is 52.3 Å². The highest BCUT2D eigenvalue weighted by atomic mass is 16.5. The number of hydrogen-bond donors (Lipinski definition) is 1. The maximum atomic E-state index is 11.0. The van der Waals surface area contributed by atoms with Crippen LogP contribution < -0.4 is 10.5 Å². The summed E-state index contributed by atoms with van der Waals surface area (Å²) >= 11 is 0. The molecule has 0 atom stereocenters. The van der Waals surface area contributed by atoms with E-state index in [0.717, 1.165) is 16.5 Å². The van der Waals surface area contributed by atoms with Gasteiger partial charge in [-0.1, -0.05) is 12.1 Å². The number of carbonyl (C=O) groups is 1. The van der Waals surface area contributed by atoms with Gasteiger partial charge in [-0.3, -0.25) is 4.79 Å². The van der Waals surface area contributed by atoms with Gasteiger partial charge < -0.3 is 10.5 Å². The Balaban J connectivity index is 2.69. The average molecular weight is 201 g/mol. The van der Waals surface area contributed by atoms with E-state index in [9.17, 15) is 4.79 Å². The third kappa shape index (κ3) is 1.64. The molecule has 0 aromatic heterocycles. The first-order valence-corrected chi connectivity index (χ1v) is 4.59. The second kappa shape index (κ2) is 3.61. The molecular weight excluding hydrogens is 190 g/mol. The van der Waals surface area contributed by atoms with Crippen molar-refractivity contribution < 1.29 is 9.53 Å². The van der Waals surface area contributed by atoms with Crippen LogP contribution in [0.2, 0.25) is 0 Å². The van der Waals surface area contributed by atoms with Crippen LogP contribution in [0.4, 0.5) is 0 Å². The summed E-state index contributed by atoms with van der Waals surface area (Å²) in [5.74, 6) is 0.378. The van der Waals surface area contributed by atoms with Crippen LogP contribution in [0.25, 0.3) is 10.8 Å². The molecule has 2 aromatic rings. The molecule has 0 aliphatic carbocycles. The Hall–Kier alpha value is -2.03. The Kier molecular flexibility index (Phi) is 2.29. The summed E-state index contributed by atoms with van der Waals surface area (Å²) in [5.41, 5.74) is 5.72. The second-order valence-corrected chi connectivity index (χ2v) is 3.26. The van der Waals surface area contributed by atoms with E-state index >= 15 is 0 Å². The molecule has 0 fully saturated rings. The van der Waals surface area contributed by atoms with Gasteiger partial charge in [-0.2, -0.15) is 0 Å². The summed E-state index contributed by atoms with van der Waals surface area (Å²) in [4.78, 5) is 11.0. The summed E-state index contributed by atoms with van der Waals surface area (Å²) in [6.45, 7) is 0. The molecule has 1 amide bonds. The van der Waals surface area contributed by atoms with E-state index in [0.29, 0.717) is 5.56 Å². The summed E-state index contributed by atoms with van der Waals surface area (Å²) in [5, 5.41) is 1.93. The number of rotatable bonds is 2. The van der Waals surface area contributed by atoms with Gasteiger partial charge in [0.1, 0.15) is 5.75 Å². The molecule has 0 aliphatic heterocycles. The van der Waals surface area contributed by atoms with Crippen molar-refractivity contribution in [2.24, 2.45) is 5.73 Å². The quantitative estimate of drug-likeness (QED) is 0.807. The Morgan fingerprint density at radius 1 is 1.27 bits per heavy atom. The molecule has 0 saturated carbocycles. The van der Waals surface area contributed by atoms with E-state index in [-0.39, 0.29) is 0 Å². The molecule has 76 valence electrons. The van der Waals surface area contributed by atoms with Gasteiger partial charge in [0.2, 0.25) is 5.91 Å². The first-order chi connectivity index (χ1) is 7.22. The number of fused-ring (bicyclic) bond motifs is 1. The van der Waals surface area contributed by atoms with Gasteiger partial charge in [0.25, 0.3) is 0 Å². The highest BCUT2D eigenvalue weighted by Crippen LogP contribution is 2.25. The smallest absolute Gasteiger partial charge is 0.248 e. The van der Waals surface area contributed by atoms with Crippen molar-refractivity contribution >= 4 is 16.7 Å². The van der Waals surface area contributed by atoms with E-state index in [1.165, 1.54) is 0 Å². The number of hydrogen-bond acceptors (Lipinski definition) is 2. The summed E-state index contributed by atoms with van der Waals surface area (Å²) in [6, 6.07) is 11.0. The Bertz CT molecular complexity index is 520. The predicted octanol–water partition coefficient (Wildman–Crippen LogP) is 1.95. The number of carbonyl (C=O) groups excluding carboxylic acids is 1. The zero-order chi connectivity index (χ0) is 10.8. The first kappa shape index (κ1) is 9.52. The van der Waals surface area contributed by atoms with Gasteiger partial charge in [-0.05, 0) is 29.7 Å². The monoisotopic (exact) mass is 201 g/mol. The summed E-state index contributed by atoms with van der Waals surface area (Å²) in [7, 11) is 1.62. The van der Waals surface area contributed by atoms with Crippen molar-refractivity contribution in [2.45, 2.75) is 0 Å². The molecule has 0 saturated heterocycles. The summed E-state index contributed by atoms with van der Waals surface area (Å²) < 4.78 is 5.21. The fraction of sp³-hybridized carbons (Fsp3) is 0.0833. The van der Waals surface area contributed by atoms with Gasteiger partial charge in [0.05, 0.1) is 7.11 Å². The number of nitrogens with two attached hydrogens (primary N) is 1. The summed E-state index contributed by atoms with van der Waals surface area (Å²) in [6.07, 6.45) is 0. The highest BCUT2D eigenvalue weighted by Gasteiger charge is 2.04. The lowest BCUT2D eigenvalue weighted by Crippen LogP contribution is -2.10. The van der Waals surface area contributed by atoms with E-state index in [1.807, 2.05) is 24.3 Å². The average Bonchev–Trinajstić information content (AvgIpc) is 2.27. The van der Waals surface area contributed by atoms with Crippen LogP contribution in [-0.2, 0) is 0 Å². The van der Waals surface area contributed by atoms with Gasteiger partial charge in [-0.15, -0.1) is 0 Å². The molecule has 0 radical (unpaired) electrons. The van der Waals surface area contributed by atoms with Crippen LogP contribution >= 0.6 is 0 Å². The normalized spacial score (nSPS) is 10.2. The van der Waals surface area contributed by atoms with Crippen LogP contribution in [-0.4, -0.2) is 13.0 Å². The van der Waals surface area contributed by atoms with Crippen LogP contribution in [0.3, 0.4) is 0 Å². The number of primary amides is 1. The molecule has 3 heteroatoms. The molecule has 0 bridgehead atoms. The minimum Gasteiger partial charge on any atom is -0.496 e. The van der Waals surface area contributed by atoms with Gasteiger partial charge in [-0.25, -0.2) is 0 Å². The number of ether oxygens (including phenoxy) is 1. The molecule has 0 aliphatic rings. The molecule has 15 heavy (non-hydrogen) atoms. The van der Waals surface area contributed by atoms with Crippen LogP contribution in [0, 0.1) is 0 Å². The van der Waals surface area contributed by atoms with Crippen molar-refractivity contribution in [3.05, 3.63) is 42.0 Å². The minimum absolute atomic E-state index is 0.417. The van der Waals surface area contributed by atoms with Crippen molar-refractivity contribution in [1.29, 1.82) is 0 Å². The van der Waals surface area contributed by atoms with Crippen LogP contribution in [0.1, 0.15) is 10.4 Å². The Labute approximate surface area is 87.5 Å². The van der Waals surface area contributed by atoms with E-state index in [1.54, 1.807) is 19.2 Å². The van der Waals surface area contributed by atoms with E-state index in [4.69, 9.17) is 10.5 Å². The minimum atomic E-state index is -0.417. The zero-order valence-corrected chi connectivity index (χ0v) is 8.36. The third-order valence-corrected chi connectivity index (χ3v) is 2.34. The number of benzene rings is 2. The first-order valence-electron chi connectivity index (χ1n) is 4.59. The lowest BCUT2D eigenvalue weighted by molar-refractivity contribution is 0.100. The van der Waals surface area contributed by atoms with Crippen molar-refractivity contribution in [1.82, 2.24) is 0 Å². The molecule has 0 spiro atoms. The Morgan fingerprint density at radius 3 is 2.73 bits per heavy atom. The maximum Gasteiger partial charge on any atom is 0.248 e. The fourth-order valence-corrected chi connectivity index (χ4v) is 1.59. The largest absolute Gasteiger partial charge is 0.496 e. The van der Waals surface area contributed by atoms with Crippen molar-refractivity contribution in [2.75, 3.05) is 7.11 Å². The van der Waals surface area contributed by atoms with Crippen LogP contribution in [0.5, 0.6) is 5.75 Å². The highest BCUT2D eigenvalue weighted by molar-refractivity contribution is 5.99. The molecule has 2 aromatic carbocycles. The standard InChI is InChI=1S/C12H11NO2/c1-15-11-4-2-3-8-7-9(12(13)14)5-6-10(8)11/h2-7H,1H3,(H2,13,14). The van der Waals surface area contributed by atoms with Crippen molar-refractivity contribution in [3.63, 3.8) is 0 Å². The van der Waals surface area contributed by atoms with Crippen LogP contribution in [0.15, 0.2) is 36.4 Å². The SMILES string of the molecule is COc1cccc2cc(C(N)=O)ccc12. The molecule has 0 heterocycles. The molecular formula is C12H11NO2. The Morgan fingerprint density at radius 2 is 2.07 bits per heavy atom. The van der Waals surface area contributed by atoms with Crippen molar-refractivity contribution in [3.8, 4) is 5.75 Å². The third-order valence-electron chi connectivity index (χ3n) is 2.34. The molecule has 2 N–H and O–H groups in total. The van der Waals surface area contributed by atoms with E-state index < -0.39 is 5.91 Å². The molecule has 2 rings (SSSR count). The molecule has 0 unspecified atom stereocenters. The number of methoxy groups -OCH3 is 1. The lowest BCUT2D eigenvalue weighted by atomic mass is 10.1. The zero-order valence-electron chi connectivity index (χ0n) is 8.36. The lowest BCUT2D eigenvalue weighted by Gasteiger charge is -2.05. The van der Waals surface area contributed by atoms with Gasteiger partial charge in [0, 0.05) is 10.9 Å². The fourth-order valence-electron chi connectivity index (χ4n) is 1.59.